The molecule has 1 aliphatic rings. The van der Waals surface area contributed by atoms with Crippen LogP contribution in [0, 0.1) is 0 Å². The van der Waals surface area contributed by atoms with Crippen LogP contribution >= 0.6 is 11.6 Å². The zero-order chi connectivity index (χ0) is 16.4. The number of halogens is 1. The molecule has 3 nitrogen and oxygen atoms in total. The maximum Gasteiger partial charge on any atom is 0.160 e. The lowest BCUT2D eigenvalue weighted by Crippen LogP contribution is -2.32. The van der Waals surface area contributed by atoms with Crippen LogP contribution in [0.5, 0.6) is 11.5 Å². The van der Waals surface area contributed by atoms with Crippen LogP contribution in [0.1, 0.15) is 29.2 Å². The summed E-state index contributed by atoms with van der Waals surface area (Å²) in [7, 11) is 3.74. The van der Waals surface area contributed by atoms with Crippen molar-refractivity contribution in [3.8, 4) is 11.5 Å². The van der Waals surface area contributed by atoms with E-state index in [4.69, 9.17) is 16.3 Å². The highest BCUT2D eigenvalue weighted by molar-refractivity contribution is 6.30. The Bertz CT molecular complexity index is 685. The lowest BCUT2D eigenvalue weighted by molar-refractivity contribution is 0.218. The summed E-state index contributed by atoms with van der Waals surface area (Å²) < 4.78 is 5.24. The van der Waals surface area contributed by atoms with Gasteiger partial charge in [0.1, 0.15) is 0 Å². The van der Waals surface area contributed by atoms with Crippen LogP contribution in [0.15, 0.2) is 36.4 Å². The standard InChI is InChI=1S/C19H22ClNO2/c1-21-10-9-14-11-19(23-2)18(22)12-16(14)17(21)8-5-13-3-6-15(20)7-4-13/h3-4,6-7,11-12,17,22H,5,8-10H2,1-2H3/t17-/m0/s1. The smallest absolute Gasteiger partial charge is 0.160 e. The van der Waals surface area contributed by atoms with E-state index in [1.54, 1.807) is 7.11 Å². The number of ether oxygens (including phenoxy) is 1. The van der Waals surface area contributed by atoms with Gasteiger partial charge in [-0.3, -0.25) is 4.90 Å². The second-order valence-corrected chi connectivity index (χ2v) is 6.57. The van der Waals surface area contributed by atoms with Gasteiger partial charge in [0.25, 0.3) is 0 Å². The molecule has 122 valence electrons. The molecule has 0 saturated carbocycles. The van der Waals surface area contributed by atoms with Gasteiger partial charge in [-0.2, -0.15) is 0 Å². The molecule has 0 aromatic heterocycles. The number of likely N-dealkylation sites (N-methyl/N-ethyl adjacent to an activating group) is 1. The number of methoxy groups -OCH3 is 1. The number of nitrogens with zero attached hydrogens (tertiary/aromatic N) is 1. The first-order valence-corrected chi connectivity index (χ1v) is 8.30. The molecule has 1 heterocycles. The van der Waals surface area contributed by atoms with Gasteiger partial charge in [-0.25, -0.2) is 0 Å². The fourth-order valence-corrected chi connectivity index (χ4v) is 3.46. The average molecular weight is 332 g/mol. The molecule has 0 bridgehead atoms. The van der Waals surface area contributed by atoms with E-state index in [0.717, 1.165) is 30.8 Å². The molecule has 3 rings (SSSR count). The molecular formula is C19H22ClNO2. The van der Waals surface area contributed by atoms with E-state index in [1.165, 1.54) is 16.7 Å². The van der Waals surface area contributed by atoms with Crippen molar-refractivity contribution in [2.24, 2.45) is 0 Å². The molecule has 0 amide bonds. The summed E-state index contributed by atoms with van der Waals surface area (Å²) in [6.07, 6.45) is 2.98. The summed E-state index contributed by atoms with van der Waals surface area (Å²) in [6.45, 7) is 1.02. The quantitative estimate of drug-likeness (QED) is 0.910. The summed E-state index contributed by atoms with van der Waals surface area (Å²) in [5.74, 6) is 0.780. The third-order valence-electron chi connectivity index (χ3n) is 4.69. The van der Waals surface area contributed by atoms with E-state index in [1.807, 2.05) is 24.3 Å². The SMILES string of the molecule is COc1cc2c(cc1O)[C@H](CCc1ccc(Cl)cc1)N(C)CC2. The zero-order valence-corrected chi connectivity index (χ0v) is 14.3. The second-order valence-electron chi connectivity index (χ2n) is 6.13. The Hall–Kier alpha value is -1.71. The van der Waals surface area contributed by atoms with Crippen molar-refractivity contribution in [2.75, 3.05) is 20.7 Å². The Kier molecular flexibility index (Phi) is 4.79. The Morgan fingerprint density at radius 1 is 1.26 bits per heavy atom. The van der Waals surface area contributed by atoms with Crippen molar-refractivity contribution in [3.63, 3.8) is 0 Å². The summed E-state index contributed by atoms with van der Waals surface area (Å²) in [5.41, 5.74) is 3.78. The van der Waals surface area contributed by atoms with E-state index in [0.29, 0.717) is 11.8 Å². The third kappa shape index (κ3) is 3.46. The van der Waals surface area contributed by atoms with Gasteiger partial charge in [-0.05, 0) is 67.3 Å². The normalized spacial score (nSPS) is 17.8. The van der Waals surface area contributed by atoms with Crippen molar-refractivity contribution in [1.82, 2.24) is 4.90 Å². The molecular weight excluding hydrogens is 310 g/mol. The molecule has 1 aliphatic heterocycles. The van der Waals surface area contributed by atoms with Crippen molar-refractivity contribution >= 4 is 11.6 Å². The first-order valence-electron chi connectivity index (χ1n) is 7.93. The molecule has 2 aromatic rings. The molecule has 4 heteroatoms. The summed E-state index contributed by atoms with van der Waals surface area (Å²) in [6, 6.07) is 12.2. The summed E-state index contributed by atoms with van der Waals surface area (Å²) in [4.78, 5) is 2.37. The van der Waals surface area contributed by atoms with Crippen molar-refractivity contribution < 1.29 is 9.84 Å². The topological polar surface area (TPSA) is 32.7 Å². The minimum absolute atomic E-state index is 0.220. The van der Waals surface area contributed by atoms with E-state index >= 15 is 0 Å². The van der Waals surface area contributed by atoms with Crippen LogP contribution in [0.3, 0.4) is 0 Å². The van der Waals surface area contributed by atoms with Crippen LogP contribution in [-0.2, 0) is 12.8 Å². The fourth-order valence-electron chi connectivity index (χ4n) is 3.34. The Labute approximate surface area is 142 Å². The van der Waals surface area contributed by atoms with Crippen LogP contribution in [0.25, 0.3) is 0 Å². The van der Waals surface area contributed by atoms with E-state index in [-0.39, 0.29) is 5.75 Å². The molecule has 0 fully saturated rings. The monoisotopic (exact) mass is 331 g/mol. The third-order valence-corrected chi connectivity index (χ3v) is 4.94. The van der Waals surface area contributed by atoms with Gasteiger partial charge in [0.15, 0.2) is 11.5 Å². The number of hydrogen-bond acceptors (Lipinski definition) is 3. The number of aryl methyl sites for hydroxylation is 1. The zero-order valence-electron chi connectivity index (χ0n) is 13.6. The van der Waals surface area contributed by atoms with Crippen LogP contribution in [-0.4, -0.2) is 30.7 Å². The number of phenolic OH excluding ortho intramolecular Hbond substituents is 1. The van der Waals surface area contributed by atoms with E-state index in [2.05, 4.69) is 24.1 Å². The second kappa shape index (κ2) is 6.81. The number of hydrogen-bond donors (Lipinski definition) is 1. The molecule has 0 aliphatic carbocycles. The minimum atomic E-state index is 0.220. The molecule has 0 spiro atoms. The van der Waals surface area contributed by atoms with Gasteiger partial charge in [0.05, 0.1) is 7.11 Å². The van der Waals surface area contributed by atoms with Crippen LogP contribution < -0.4 is 4.74 Å². The first kappa shape index (κ1) is 16.2. The predicted molar refractivity (Wildman–Crippen MR) is 93.5 cm³/mol. The highest BCUT2D eigenvalue weighted by atomic mass is 35.5. The van der Waals surface area contributed by atoms with E-state index < -0.39 is 0 Å². The van der Waals surface area contributed by atoms with E-state index in [9.17, 15) is 5.11 Å². The van der Waals surface area contributed by atoms with Crippen molar-refractivity contribution in [2.45, 2.75) is 25.3 Å². The van der Waals surface area contributed by atoms with Gasteiger partial charge in [0, 0.05) is 17.6 Å². The Balaban J connectivity index is 1.82. The summed E-state index contributed by atoms with van der Waals surface area (Å²) in [5, 5.41) is 10.9. The average Bonchev–Trinajstić information content (AvgIpc) is 2.55. The molecule has 23 heavy (non-hydrogen) atoms. The van der Waals surface area contributed by atoms with Gasteiger partial charge >= 0.3 is 0 Å². The number of fused-ring (bicyclic) bond motifs is 1. The maximum absolute atomic E-state index is 10.1. The van der Waals surface area contributed by atoms with Crippen molar-refractivity contribution in [1.29, 1.82) is 0 Å². The minimum Gasteiger partial charge on any atom is -0.504 e. The number of phenols is 1. The van der Waals surface area contributed by atoms with Crippen molar-refractivity contribution in [3.05, 3.63) is 58.1 Å². The highest BCUT2D eigenvalue weighted by Crippen LogP contribution is 2.38. The van der Waals surface area contributed by atoms with Gasteiger partial charge in [-0.15, -0.1) is 0 Å². The van der Waals surface area contributed by atoms with Gasteiger partial charge in [-0.1, -0.05) is 23.7 Å². The van der Waals surface area contributed by atoms with Crippen LogP contribution in [0.2, 0.25) is 5.02 Å². The molecule has 0 radical (unpaired) electrons. The maximum atomic E-state index is 10.1. The van der Waals surface area contributed by atoms with Gasteiger partial charge in [0.2, 0.25) is 0 Å². The molecule has 2 aromatic carbocycles. The molecule has 0 unspecified atom stereocenters. The largest absolute Gasteiger partial charge is 0.504 e. The number of aromatic hydroxyl groups is 1. The van der Waals surface area contributed by atoms with Crippen LogP contribution in [0.4, 0.5) is 0 Å². The highest BCUT2D eigenvalue weighted by Gasteiger charge is 2.26. The Morgan fingerprint density at radius 3 is 2.70 bits per heavy atom. The molecule has 0 saturated heterocycles. The van der Waals surface area contributed by atoms with Gasteiger partial charge < -0.3 is 9.84 Å². The lowest BCUT2D eigenvalue weighted by atomic mass is 9.89. The lowest BCUT2D eigenvalue weighted by Gasteiger charge is -2.35. The first-order chi connectivity index (χ1) is 11.1. The molecule has 1 N–H and O–H groups in total. The summed E-state index contributed by atoms with van der Waals surface area (Å²) >= 11 is 5.95. The predicted octanol–water partition coefficient (Wildman–Crippen LogP) is 4.22. The Morgan fingerprint density at radius 2 is 2.00 bits per heavy atom. The number of benzene rings is 2. The molecule has 1 atom stereocenters. The number of rotatable bonds is 4. The fraction of sp³-hybridized carbons (Fsp3) is 0.368.